The van der Waals surface area contributed by atoms with Gasteiger partial charge < -0.3 is 5.32 Å². The first-order valence-corrected chi connectivity index (χ1v) is 5.82. The van der Waals surface area contributed by atoms with Gasteiger partial charge in [-0.2, -0.15) is 5.26 Å². The van der Waals surface area contributed by atoms with Crippen LogP contribution in [-0.4, -0.2) is 6.04 Å². The molecule has 2 unspecified atom stereocenters. The van der Waals surface area contributed by atoms with Crippen LogP contribution in [0.2, 0.25) is 0 Å². The van der Waals surface area contributed by atoms with Crippen molar-refractivity contribution in [3.8, 4) is 6.07 Å². The number of rotatable bonds is 2. The topological polar surface area (TPSA) is 35.8 Å². The van der Waals surface area contributed by atoms with Crippen LogP contribution in [0.25, 0.3) is 0 Å². The fourth-order valence-corrected chi connectivity index (χ4v) is 2.28. The predicted molar refractivity (Wildman–Crippen MR) is 61.3 cm³/mol. The fraction of sp³-hybridized carbons (Fsp3) is 0.462. The molecule has 1 fully saturated rings. The molecule has 2 nitrogen and oxygen atoms in total. The Hall–Kier alpha value is -1.63. The molecule has 1 aliphatic rings. The summed E-state index contributed by atoms with van der Waals surface area (Å²) in [6.07, 6.45) is 3.58. The van der Waals surface area contributed by atoms with E-state index in [-0.39, 0.29) is 17.6 Å². The number of anilines is 1. The Morgan fingerprint density at radius 1 is 1.18 bits per heavy atom. The van der Waals surface area contributed by atoms with Crippen LogP contribution >= 0.6 is 0 Å². The van der Waals surface area contributed by atoms with Gasteiger partial charge in [-0.1, -0.05) is 18.9 Å². The smallest absolute Gasteiger partial charge is 0.149 e. The molecule has 1 aromatic rings. The first-order valence-electron chi connectivity index (χ1n) is 5.82. The van der Waals surface area contributed by atoms with Crippen LogP contribution in [0.5, 0.6) is 0 Å². The maximum atomic E-state index is 13.5. The Balaban J connectivity index is 2.17. The first kappa shape index (κ1) is 11.8. The standard InChI is InChI=1S/C13H14F2N2/c14-10-5-3-6-11(15)13(10)17-12-7-2-1-4-9(12)8-16/h3,5-6,9,12,17H,1-2,4,7H2. The second-order valence-corrected chi connectivity index (χ2v) is 4.37. The summed E-state index contributed by atoms with van der Waals surface area (Å²) in [7, 11) is 0. The van der Waals surface area contributed by atoms with E-state index >= 15 is 0 Å². The number of nitrogens with one attached hydrogen (secondary N) is 1. The summed E-state index contributed by atoms with van der Waals surface area (Å²) in [5, 5.41) is 11.8. The Morgan fingerprint density at radius 3 is 2.47 bits per heavy atom. The monoisotopic (exact) mass is 236 g/mol. The van der Waals surface area contributed by atoms with E-state index in [4.69, 9.17) is 5.26 Å². The average molecular weight is 236 g/mol. The van der Waals surface area contributed by atoms with Gasteiger partial charge in [-0.25, -0.2) is 8.78 Å². The molecule has 0 aliphatic heterocycles. The number of halogens is 2. The van der Waals surface area contributed by atoms with Crippen LogP contribution in [0.4, 0.5) is 14.5 Å². The summed E-state index contributed by atoms with van der Waals surface area (Å²) < 4.78 is 26.9. The quantitative estimate of drug-likeness (QED) is 0.853. The van der Waals surface area contributed by atoms with Gasteiger partial charge in [0.1, 0.15) is 17.3 Å². The van der Waals surface area contributed by atoms with E-state index in [9.17, 15) is 8.78 Å². The van der Waals surface area contributed by atoms with Crippen molar-refractivity contribution < 1.29 is 8.78 Å². The van der Waals surface area contributed by atoms with Gasteiger partial charge in [-0.3, -0.25) is 0 Å². The molecule has 1 aliphatic carbocycles. The number of benzene rings is 1. The minimum Gasteiger partial charge on any atom is -0.376 e. The minimum absolute atomic E-state index is 0.111. The molecule has 90 valence electrons. The van der Waals surface area contributed by atoms with Gasteiger partial charge in [0.05, 0.1) is 12.0 Å². The molecule has 0 amide bonds. The van der Waals surface area contributed by atoms with Crippen LogP contribution in [0.3, 0.4) is 0 Å². The molecule has 0 saturated heterocycles. The molecule has 1 aromatic carbocycles. The normalized spacial score (nSPS) is 24.1. The maximum absolute atomic E-state index is 13.5. The van der Waals surface area contributed by atoms with Gasteiger partial charge in [0.25, 0.3) is 0 Å². The fourth-order valence-electron chi connectivity index (χ4n) is 2.28. The van der Waals surface area contributed by atoms with Crippen molar-refractivity contribution >= 4 is 5.69 Å². The molecule has 17 heavy (non-hydrogen) atoms. The second kappa shape index (κ2) is 5.13. The zero-order valence-corrected chi connectivity index (χ0v) is 9.42. The number of nitrogens with zero attached hydrogens (tertiary/aromatic N) is 1. The minimum atomic E-state index is -0.604. The lowest BCUT2D eigenvalue weighted by molar-refractivity contribution is 0.386. The van der Waals surface area contributed by atoms with E-state index in [0.29, 0.717) is 0 Å². The van der Waals surface area contributed by atoms with Crippen molar-refractivity contribution in [2.24, 2.45) is 5.92 Å². The summed E-state index contributed by atoms with van der Waals surface area (Å²) in [6.45, 7) is 0. The van der Waals surface area contributed by atoms with E-state index in [1.54, 1.807) is 0 Å². The summed E-state index contributed by atoms with van der Waals surface area (Å²) in [4.78, 5) is 0. The predicted octanol–water partition coefficient (Wildman–Crippen LogP) is 3.46. The number of para-hydroxylation sites is 1. The molecule has 1 N–H and O–H groups in total. The molecule has 0 spiro atoms. The van der Waals surface area contributed by atoms with Gasteiger partial charge in [0, 0.05) is 6.04 Å². The van der Waals surface area contributed by atoms with Crippen molar-refractivity contribution in [1.82, 2.24) is 0 Å². The molecular formula is C13H14F2N2. The zero-order chi connectivity index (χ0) is 12.3. The highest BCUT2D eigenvalue weighted by molar-refractivity contribution is 5.47. The first-order chi connectivity index (χ1) is 8.22. The molecular weight excluding hydrogens is 222 g/mol. The summed E-state index contributed by atoms with van der Waals surface area (Å²) in [5.41, 5.74) is -0.111. The van der Waals surface area contributed by atoms with E-state index in [1.807, 2.05) is 0 Å². The van der Waals surface area contributed by atoms with Crippen molar-refractivity contribution in [2.45, 2.75) is 31.7 Å². The Labute approximate surface area is 99.3 Å². The lowest BCUT2D eigenvalue weighted by atomic mass is 9.85. The van der Waals surface area contributed by atoms with Crippen LogP contribution in [0.15, 0.2) is 18.2 Å². The SMILES string of the molecule is N#CC1CCCCC1Nc1c(F)cccc1F. The maximum Gasteiger partial charge on any atom is 0.149 e. The van der Waals surface area contributed by atoms with Crippen LogP contribution < -0.4 is 5.32 Å². The van der Waals surface area contributed by atoms with Crippen molar-refractivity contribution in [3.63, 3.8) is 0 Å². The Kier molecular flexibility index (Phi) is 3.58. The van der Waals surface area contributed by atoms with E-state index in [1.165, 1.54) is 18.2 Å². The molecule has 0 aromatic heterocycles. The highest BCUT2D eigenvalue weighted by Gasteiger charge is 2.26. The third-order valence-corrected chi connectivity index (χ3v) is 3.22. The average Bonchev–Trinajstić information content (AvgIpc) is 2.34. The summed E-state index contributed by atoms with van der Waals surface area (Å²) in [5.74, 6) is -1.37. The molecule has 0 radical (unpaired) electrons. The third kappa shape index (κ3) is 2.55. The van der Waals surface area contributed by atoms with Gasteiger partial charge in [0.2, 0.25) is 0 Å². The highest BCUT2D eigenvalue weighted by Crippen LogP contribution is 2.28. The molecule has 1 saturated carbocycles. The van der Waals surface area contributed by atoms with E-state index < -0.39 is 11.6 Å². The Morgan fingerprint density at radius 2 is 1.82 bits per heavy atom. The van der Waals surface area contributed by atoms with Crippen molar-refractivity contribution in [3.05, 3.63) is 29.8 Å². The van der Waals surface area contributed by atoms with Crippen molar-refractivity contribution in [2.75, 3.05) is 5.32 Å². The third-order valence-electron chi connectivity index (χ3n) is 3.22. The van der Waals surface area contributed by atoms with Gasteiger partial charge >= 0.3 is 0 Å². The van der Waals surface area contributed by atoms with E-state index in [0.717, 1.165) is 25.7 Å². The highest BCUT2D eigenvalue weighted by atomic mass is 19.1. The molecule has 0 heterocycles. The lowest BCUT2D eigenvalue weighted by Crippen LogP contribution is -2.32. The largest absolute Gasteiger partial charge is 0.376 e. The van der Waals surface area contributed by atoms with Crippen LogP contribution in [0, 0.1) is 28.9 Å². The molecule has 0 bridgehead atoms. The Bertz CT molecular complexity index is 419. The van der Waals surface area contributed by atoms with Gasteiger partial charge in [-0.15, -0.1) is 0 Å². The van der Waals surface area contributed by atoms with Crippen LogP contribution in [-0.2, 0) is 0 Å². The number of hydrogen-bond donors (Lipinski definition) is 1. The molecule has 2 atom stereocenters. The van der Waals surface area contributed by atoms with E-state index in [2.05, 4.69) is 11.4 Å². The number of hydrogen-bond acceptors (Lipinski definition) is 2. The zero-order valence-electron chi connectivity index (χ0n) is 9.42. The lowest BCUT2D eigenvalue weighted by Gasteiger charge is -2.28. The van der Waals surface area contributed by atoms with Gasteiger partial charge in [0.15, 0.2) is 0 Å². The van der Waals surface area contributed by atoms with Gasteiger partial charge in [-0.05, 0) is 25.0 Å². The number of nitriles is 1. The summed E-state index contributed by atoms with van der Waals surface area (Å²) >= 11 is 0. The molecule has 2 rings (SSSR count). The summed E-state index contributed by atoms with van der Waals surface area (Å²) in [6, 6.07) is 5.82. The molecule has 4 heteroatoms. The van der Waals surface area contributed by atoms with Crippen LogP contribution in [0.1, 0.15) is 25.7 Å². The van der Waals surface area contributed by atoms with Crippen molar-refractivity contribution in [1.29, 1.82) is 5.26 Å². The second-order valence-electron chi connectivity index (χ2n) is 4.37.